The Bertz CT molecular complexity index is 1640. The highest BCUT2D eigenvalue weighted by Crippen LogP contribution is 2.06. The van der Waals surface area contributed by atoms with Crippen LogP contribution in [0, 0.1) is 11.8 Å². The number of hydrogen-bond acceptors (Lipinski definition) is 23. The van der Waals surface area contributed by atoms with Gasteiger partial charge in [0.25, 0.3) is 0 Å². The molecule has 3 unspecified atom stereocenters. The van der Waals surface area contributed by atoms with Gasteiger partial charge in [-0.1, -0.05) is 187 Å². The number of unbranched alkanes of at least 4 members (excludes halogenated alkanes) is 13. The van der Waals surface area contributed by atoms with Crippen LogP contribution in [0.4, 0.5) is 0 Å². The smallest absolute Gasteiger partial charge is 0.120 e. The van der Waals surface area contributed by atoms with Crippen molar-refractivity contribution in [1.82, 2.24) is 53.9 Å². The molecule has 0 aromatic rings. The van der Waals surface area contributed by atoms with Crippen LogP contribution in [0.25, 0.3) is 0 Å². The molecule has 0 saturated carbocycles. The third-order valence-corrected chi connectivity index (χ3v) is 18.5. The van der Waals surface area contributed by atoms with Crippen LogP contribution in [0.2, 0.25) is 0 Å². The fourth-order valence-electron chi connectivity index (χ4n) is 10.8. The predicted molar refractivity (Wildman–Crippen MR) is 508 cm³/mol. The number of hydrogen-bond donors (Lipinski definition) is 12. The van der Waals surface area contributed by atoms with Crippen molar-refractivity contribution in [3.63, 3.8) is 0 Å². The maximum atomic E-state index is 9.14. The molecule has 116 heavy (non-hydrogen) atoms. The summed E-state index contributed by atoms with van der Waals surface area (Å²) in [7, 11) is 11.8. The van der Waals surface area contributed by atoms with Gasteiger partial charge in [0.15, 0.2) is 0 Å². The fraction of sp³-hybridized carbons (Fsp3) is 0.978. The van der Waals surface area contributed by atoms with Gasteiger partial charge in [-0.3, -0.25) is 4.90 Å². The summed E-state index contributed by atoms with van der Waals surface area (Å²) in [5.74, 6) is 5.57. The van der Waals surface area contributed by atoms with Crippen molar-refractivity contribution in [1.29, 1.82) is 0 Å². The number of nitrogens with zero attached hydrogens (tertiary/aromatic N) is 11. The van der Waals surface area contributed by atoms with Crippen LogP contribution in [0.5, 0.6) is 0 Å². The predicted octanol–water partition coefficient (Wildman–Crippen LogP) is 12.2. The average molecular weight is 1680 g/mol. The summed E-state index contributed by atoms with van der Waals surface area (Å²) >= 11 is 0. The molecule has 0 aromatic carbocycles. The van der Waals surface area contributed by atoms with Crippen molar-refractivity contribution < 1.29 is 61.3 Å². The molecule has 0 rings (SSSR count). The first-order valence-corrected chi connectivity index (χ1v) is 47.2. The van der Waals surface area contributed by atoms with Gasteiger partial charge in [-0.2, -0.15) is 0 Å². The van der Waals surface area contributed by atoms with E-state index in [1.54, 1.807) is 13.8 Å². The standard InChI is InChI=1S/C12H27NO.C11H25NO.2C10H23NO.C9H21NO.C8H15NO.C8H19NO.2C7H17NO.C6H15NO.C5H13NO2/c1-3-5-9-13(10-6-4-2)11-7-8-12-14;1-3-5-8-12(9-6-4-2)10-7-11-13;1-3-11(4-2)9-7-5-6-8-10-12;1-3-5-7-11(9-10-12)8-6-4-2;1-4-10(5-2)8-6-7-9(3)11;1-8(2,10)6-5-7-9(3)4;1-9(2)7-5-3-4-6-8-10;1-4-8(5-2)6-7(3)9;1-3-8(4-2)6-5-7-9;1-3-7(4-2)5-6-8;1-6(2)3-5(8)4-7/h14H,3-12H2,1-2H3;13H,3-11H2,1-2H3;2*12H,3-10H2,1-2H3;9,11H,4-8H2,1-3H3;10H,7H2,1-4H3;10H,3-8H2,1-2H3;7,9H,4-6H2,1-3H3;9H,3-7H2,1-2H3;8H,3-6H2,1-2H3;5,7-8H,3-4H2,1-2H3. The molecule has 0 fully saturated rings. The van der Waals surface area contributed by atoms with E-state index in [1.807, 2.05) is 51.8 Å². The van der Waals surface area contributed by atoms with E-state index in [-0.39, 0.29) is 25.4 Å². The van der Waals surface area contributed by atoms with Gasteiger partial charge in [-0.05, 0) is 304 Å². The highest BCUT2D eigenvalue weighted by Gasteiger charge is 2.09. The molecule has 0 aromatic heterocycles. The lowest BCUT2D eigenvalue weighted by molar-refractivity contribution is 0.0728. The van der Waals surface area contributed by atoms with E-state index in [4.69, 9.17) is 61.3 Å². The Hall–Kier alpha value is -1.36. The summed E-state index contributed by atoms with van der Waals surface area (Å²) in [5, 5.41) is 104. The molecule has 23 heteroatoms. The number of likely N-dealkylation sites (N-methyl/N-ethyl adjacent to an activating group) is 3. The maximum Gasteiger partial charge on any atom is 0.120 e. The number of aliphatic hydroxyl groups excluding tert-OH is 11. The molecule has 0 spiro atoms. The molecule has 0 radical (unpaired) electrons. The van der Waals surface area contributed by atoms with Crippen molar-refractivity contribution in [2.45, 2.75) is 329 Å². The normalized spacial score (nSPS) is 11.7. The molecule has 0 bridgehead atoms. The molecule has 0 aliphatic carbocycles. The van der Waals surface area contributed by atoms with Gasteiger partial charge in [0.05, 0.1) is 44.7 Å². The van der Waals surface area contributed by atoms with Crippen molar-refractivity contribution in [2.75, 3.05) is 272 Å². The van der Waals surface area contributed by atoms with Gasteiger partial charge < -0.3 is 110 Å². The van der Waals surface area contributed by atoms with Crippen LogP contribution in [0.1, 0.15) is 305 Å². The maximum absolute atomic E-state index is 9.14. The van der Waals surface area contributed by atoms with Gasteiger partial charge in [-0.25, -0.2) is 0 Å². The van der Waals surface area contributed by atoms with Gasteiger partial charge >= 0.3 is 0 Å². The van der Waals surface area contributed by atoms with Crippen molar-refractivity contribution in [3.05, 3.63) is 0 Å². The SMILES string of the molecule is CCCCN(CCCC)CCCCO.CCCCN(CCCC)CCCO.CCCCN(CCO)CCCC.CCN(CC)CC(C)O.CCN(CC)CCCC(C)O.CCN(CC)CCCCCCO.CCN(CC)CCCO.CCN(CC)CCO.CN(C)CC#CC(C)(C)O.CN(C)CC(O)CO.CN(C)CCCCCCO. The molecule has 0 aliphatic rings. The fourth-order valence-corrected chi connectivity index (χ4v) is 10.8. The van der Waals surface area contributed by atoms with Crippen LogP contribution in [0.15, 0.2) is 0 Å². The molecule has 0 aliphatic heterocycles. The molecule has 0 saturated heterocycles. The molecule has 714 valence electrons. The lowest BCUT2D eigenvalue weighted by atomic mass is 10.1. The summed E-state index contributed by atoms with van der Waals surface area (Å²) in [5.41, 5.74) is -0.851. The van der Waals surface area contributed by atoms with Gasteiger partial charge in [0, 0.05) is 72.3 Å². The quantitative estimate of drug-likeness (QED) is 0.0199. The van der Waals surface area contributed by atoms with E-state index >= 15 is 0 Å². The Morgan fingerprint density at radius 1 is 0.259 bits per heavy atom. The summed E-state index contributed by atoms with van der Waals surface area (Å²) in [6.45, 7) is 72.5. The van der Waals surface area contributed by atoms with Crippen LogP contribution in [0.3, 0.4) is 0 Å². The van der Waals surface area contributed by atoms with E-state index < -0.39 is 11.7 Å². The van der Waals surface area contributed by atoms with Crippen LogP contribution >= 0.6 is 0 Å². The zero-order chi connectivity index (χ0) is 91.1. The van der Waals surface area contributed by atoms with E-state index in [0.29, 0.717) is 52.7 Å². The first-order chi connectivity index (χ1) is 55.3. The molecule has 12 N–H and O–H groups in total. The lowest BCUT2D eigenvalue weighted by Crippen LogP contribution is -2.30. The van der Waals surface area contributed by atoms with E-state index in [2.05, 4.69) is 181 Å². The van der Waals surface area contributed by atoms with Crippen molar-refractivity contribution in [3.8, 4) is 11.8 Å². The first-order valence-electron chi connectivity index (χ1n) is 47.2. The third-order valence-electron chi connectivity index (χ3n) is 18.5. The van der Waals surface area contributed by atoms with E-state index in [1.165, 1.54) is 161 Å². The van der Waals surface area contributed by atoms with E-state index in [9.17, 15) is 0 Å². The van der Waals surface area contributed by atoms with Gasteiger partial charge in [0.2, 0.25) is 0 Å². The zero-order valence-electron chi connectivity index (χ0n) is 82.7. The van der Waals surface area contributed by atoms with Gasteiger partial charge in [0.1, 0.15) is 5.60 Å². The largest absolute Gasteiger partial charge is 0.396 e. The van der Waals surface area contributed by atoms with Gasteiger partial charge in [-0.15, -0.1) is 0 Å². The summed E-state index contributed by atoms with van der Waals surface area (Å²) < 4.78 is 0. The number of rotatable bonds is 64. The highest BCUT2D eigenvalue weighted by atomic mass is 16.3. The van der Waals surface area contributed by atoms with Crippen molar-refractivity contribution in [2.24, 2.45) is 0 Å². The Kier molecular flexibility index (Phi) is 143. The zero-order valence-corrected chi connectivity index (χ0v) is 82.7. The Labute approximate surface area is 724 Å². The van der Waals surface area contributed by atoms with E-state index in [0.717, 1.165) is 169 Å². The molecule has 3 atom stereocenters. The Morgan fingerprint density at radius 3 is 0.759 bits per heavy atom. The Morgan fingerprint density at radius 2 is 0.517 bits per heavy atom. The van der Waals surface area contributed by atoms with Crippen LogP contribution in [-0.2, 0) is 0 Å². The molecule has 23 nitrogen and oxygen atoms in total. The highest BCUT2D eigenvalue weighted by molar-refractivity contribution is 5.10. The molecule has 0 heterocycles. The average Bonchev–Trinajstić information content (AvgIpc) is 1.00. The van der Waals surface area contributed by atoms with Crippen LogP contribution < -0.4 is 0 Å². The lowest BCUT2D eigenvalue weighted by Gasteiger charge is -2.21. The molecular weight excluding hydrogens is 1460 g/mol. The monoisotopic (exact) mass is 1680 g/mol. The second-order valence-corrected chi connectivity index (χ2v) is 31.4. The Balaban J connectivity index is -0.000000117. The van der Waals surface area contributed by atoms with Crippen molar-refractivity contribution >= 4 is 0 Å². The first kappa shape index (κ1) is 138. The number of aliphatic hydroxyl groups is 12. The second kappa shape index (κ2) is 120. The molecular formula is C93H215N11O12. The third kappa shape index (κ3) is 144. The topological polar surface area (TPSA) is 278 Å². The summed E-state index contributed by atoms with van der Waals surface area (Å²) in [6, 6.07) is 0. The minimum atomic E-state index is -0.851. The minimum Gasteiger partial charge on any atom is -0.396 e. The summed E-state index contributed by atoms with van der Waals surface area (Å²) in [4.78, 5) is 24.8. The summed E-state index contributed by atoms with van der Waals surface area (Å²) in [6.07, 6.45) is 29.7. The van der Waals surface area contributed by atoms with Crippen LogP contribution in [-0.4, -0.2) is 411 Å². The minimum absolute atomic E-state index is 0.134. The second-order valence-electron chi connectivity index (χ2n) is 31.4. The molecule has 0 amide bonds.